The van der Waals surface area contributed by atoms with Gasteiger partial charge in [-0.15, -0.1) is 0 Å². The molecule has 1 aliphatic rings. The highest BCUT2D eigenvalue weighted by atomic mass is 32.2. The molecule has 0 aromatic heterocycles. The number of ether oxygens (including phenoxy) is 1. The van der Waals surface area contributed by atoms with Gasteiger partial charge in [-0.3, -0.25) is 9.69 Å². The molecule has 0 saturated carbocycles. The van der Waals surface area contributed by atoms with Gasteiger partial charge in [-0.05, 0) is 42.4 Å². The Kier molecular flexibility index (Phi) is 12.3. The van der Waals surface area contributed by atoms with Crippen LogP contribution in [0.25, 0.3) is 0 Å². The summed E-state index contributed by atoms with van der Waals surface area (Å²) in [4.78, 5) is 27.1. The molecule has 4 N–H and O–H groups in total. The third kappa shape index (κ3) is 9.17. The number of likely N-dealkylation sites (tertiary alicyclic amines) is 1. The fourth-order valence-electron chi connectivity index (χ4n) is 3.98. The zero-order valence-electron chi connectivity index (χ0n) is 20.3. The molecule has 0 bridgehead atoms. The van der Waals surface area contributed by atoms with Gasteiger partial charge in [0.1, 0.15) is 17.9 Å². The van der Waals surface area contributed by atoms with E-state index in [0.29, 0.717) is 43.4 Å². The molecular formula is C25H39N3O4S2. The number of carboxylic acids is 1. The Morgan fingerprint density at radius 1 is 1.32 bits per heavy atom. The lowest BCUT2D eigenvalue weighted by molar-refractivity contribution is -0.142. The number of amides is 1. The van der Waals surface area contributed by atoms with E-state index in [1.165, 1.54) is 0 Å². The van der Waals surface area contributed by atoms with Crippen molar-refractivity contribution in [3.05, 3.63) is 42.5 Å². The van der Waals surface area contributed by atoms with Crippen LogP contribution in [-0.2, 0) is 9.59 Å². The van der Waals surface area contributed by atoms with Gasteiger partial charge in [0.15, 0.2) is 0 Å². The lowest BCUT2D eigenvalue weighted by atomic mass is 9.94. The Hall–Kier alpha value is -1.68. The number of rotatable bonds is 14. The van der Waals surface area contributed by atoms with Crippen molar-refractivity contribution in [3.63, 3.8) is 0 Å². The quantitative estimate of drug-likeness (QED) is 0.226. The van der Waals surface area contributed by atoms with E-state index in [1.807, 2.05) is 42.7 Å². The number of carbonyl (C=O) groups excluding carboxylic acids is 1. The van der Waals surface area contributed by atoms with Gasteiger partial charge in [-0.2, -0.15) is 24.4 Å². The minimum Gasteiger partial charge on any atom is -0.489 e. The molecule has 1 aromatic rings. The number of para-hydroxylation sites is 1. The van der Waals surface area contributed by atoms with E-state index >= 15 is 0 Å². The third-order valence-corrected chi connectivity index (χ3v) is 7.12. The molecule has 5 atom stereocenters. The number of thioether (sulfide) groups is 1. The lowest BCUT2D eigenvalue weighted by Crippen LogP contribution is -2.50. The number of nitrogens with one attached hydrogen (secondary N) is 1. The van der Waals surface area contributed by atoms with Gasteiger partial charge >= 0.3 is 5.97 Å². The first-order valence-electron chi connectivity index (χ1n) is 11.8. The molecule has 34 heavy (non-hydrogen) atoms. The van der Waals surface area contributed by atoms with Crippen LogP contribution in [0.5, 0.6) is 5.75 Å². The summed E-state index contributed by atoms with van der Waals surface area (Å²) in [5, 5.41) is 12.4. The molecule has 1 saturated heterocycles. The molecule has 1 aliphatic heterocycles. The first-order valence-corrected chi connectivity index (χ1v) is 13.8. The van der Waals surface area contributed by atoms with Crippen molar-refractivity contribution < 1.29 is 19.4 Å². The van der Waals surface area contributed by atoms with Gasteiger partial charge in [0, 0.05) is 31.3 Å². The van der Waals surface area contributed by atoms with Crippen LogP contribution in [0, 0.1) is 11.8 Å². The summed E-state index contributed by atoms with van der Waals surface area (Å²) in [6, 6.07) is 8.09. The summed E-state index contributed by atoms with van der Waals surface area (Å²) in [6.07, 6.45) is 6.74. The van der Waals surface area contributed by atoms with Crippen LogP contribution in [0.4, 0.5) is 0 Å². The van der Waals surface area contributed by atoms with Crippen molar-refractivity contribution in [1.82, 2.24) is 10.2 Å². The third-order valence-electron chi connectivity index (χ3n) is 6.06. The summed E-state index contributed by atoms with van der Waals surface area (Å²) in [6.45, 7) is 5.54. The Bertz CT molecular complexity index is 794. The zero-order chi connectivity index (χ0) is 25.1. The number of aliphatic carboxylic acids is 1. The summed E-state index contributed by atoms with van der Waals surface area (Å²) < 4.78 is 6.17. The van der Waals surface area contributed by atoms with Crippen molar-refractivity contribution in [1.29, 1.82) is 0 Å². The van der Waals surface area contributed by atoms with Crippen LogP contribution in [0.15, 0.2) is 42.5 Å². The smallest absolute Gasteiger partial charge is 0.326 e. The van der Waals surface area contributed by atoms with Crippen molar-refractivity contribution >= 4 is 36.3 Å². The molecule has 190 valence electrons. The highest BCUT2D eigenvalue weighted by Crippen LogP contribution is 2.26. The maximum absolute atomic E-state index is 13.3. The van der Waals surface area contributed by atoms with Gasteiger partial charge in [-0.25, -0.2) is 4.79 Å². The first-order chi connectivity index (χ1) is 16.2. The summed E-state index contributed by atoms with van der Waals surface area (Å²) in [5.41, 5.74) is 6.02. The molecule has 0 unspecified atom stereocenters. The van der Waals surface area contributed by atoms with E-state index < -0.39 is 18.1 Å². The topological polar surface area (TPSA) is 105 Å². The molecule has 2 rings (SSSR count). The van der Waals surface area contributed by atoms with E-state index in [4.69, 9.17) is 10.5 Å². The van der Waals surface area contributed by atoms with Gasteiger partial charge in [-0.1, -0.05) is 44.2 Å². The average Bonchev–Trinajstić information content (AvgIpc) is 3.21. The van der Waals surface area contributed by atoms with E-state index in [2.05, 4.69) is 42.8 Å². The van der Waals surface area contributed by atoms with Gasteiger partial charge < -0.3 is 20.9 Å². The first kappa shape index (κ1) is 28.6. The van der Waals surface area contributed by atoms with E-state index in [1.54, 1.807) is 11.8 Å². The fourth-order valence-corrected chi connectivity index (χ4v) is 4.58. The summed E-state index contributed by atoms with van der Waals surface area (Å²) >= 11 is 5.82. The number of nitrogens with two attached hydrogens (primary N) is 1. The summed E-state index contributed by atoms with van der Waals surface area (Å²) in [5.74, 6) is 1.25. The van der Waals surface area contributed by atoms with Crippen LogP contribution >= 0.6 is 24.4 Å². The van der Waals surface area contributed by atoms with E-state index in [-0.39, 0.29) is 24.0 Å². The molecule has 0 aliphatic carbocycles. The summed E-state index contributed by atoms with van der Waals surface area (Å²) in [7, 11) is 0. The lowest BCUT2D eigenvalue weighted by Gasteiger charge is -2.29. The number of hydrogen-bond donors (Lipinski definition) is 4. The Morgan fingerprint density at radius 2 is 2.03 bits per heavy atom. The Balaban J connectivity index is 2.18. The van der Waals surface area contributed by atoms with Gasteiger partial charge in [0.05, 0.1) is 6.04 Å². The SMILES string of the molecule is CSCC[C@H](NC(=O)[C@@H]1C[C@H](Oc2ccccc2)CN1C[C@H](/C=C/[C@@H](N)CS)C(C)C)C(=O)O. The van der Waals surface area contributed by atoms with Crippen LogP contribution < -0.4 is 15.8 Å². The second-order valence-electron chi connectivity index (χ2n) is 9.08. The second kappa shape index (κ2) is 14.7. The molecule has 1 amide bonds. The Morgan fingerprint density at radius 3 is 2.62 bits per heavy atom. The average molecular weight is 510 g/mol. The number of carbonyl (C=O) groups is 2. The number of thiol groups is 1. The second-order valence-corrected chi connectivity index (χ2v) is 10.4. The van der Waals surface area contributed by atoms with Crippen LogP contribution in [-0.4, -0.2) is 77.0 Å². The molecule has 0 radical (unpaired) electrons. The van der Waals surface area contributed by atoms with Crippen molar-refractivity contribution in [2.75, 3.05) is 30.9 Å². The zero-order valence-corrected chi connectivity index (χ0v) is 22.0. The number of nitrogens with zero attached hydrogens (tertiary/aromatic N) is 1. The highest BCUT2D eigenvalue weighted by molar-refractivity contribution is 7.98. The predicted octanol–water partition coefficient (Wildman–Crippen LogP) is 2.92. The Labute approximate surface area is 213 Å². The van der Waals surface area contributed by atoms with Crippen LogP contribution in [0.3, 0.4) is 0 Å². The molecule has 0 spiro atoms. The van der Waals surface area contributed by atoms with Crippen molar-refractivity contribution in [2.24, 2.45) is 17.6 Å². The maximum atomic E-state index is 13.3. The predicted molar refractivity (Wildman–Crippen MR) is 143 cm³/mol. The monoisotopic (exact) mass is 509 g/mol. The molecular weight excluding hydrogens is 470 g/mol. The highest BCUT2D eigenvalue weighted by Gasteiger charge is 2.40. The van der Waals surface area contributed by atoms with Crippen molar-refractivity contribution in [2.45, 2.75) is 50.9 Å². The van der Waals surface area contributed by atoms with Crippen LogP contribution in [0.1, 0.15) is 26.7 Å². The largest absolute Gasteiger partial charge is 0.489 e. The van der Waals surface area contributed by atoms with E-state index in [9.17, 15) is 14.7 Å². The molecule has 7 nitrogen and oxygen atoms in total. The van der Waals surface area contributed by atoms with Crippen LogP contribution in [0.2, 0.25) is 0 Å². The number of hydrogen-bond acceptors (Lipinski definition) is 7. The van der Waals surface area contributed by atoms with Crippen molar-refractivity contribution in [3.8, 4) is 5.75 Å². The standard InChI is InChI=1S/C25H39N3O4S2/c1-17(2)18(9-10-19(26)16-33)14-28-15-21(32-20-7-5-4-6-8-20)13-23(28)24(29)27-22(25(30)31)11-12-34-3/h4-10,17-19,21-23,33H,11-16,26H2,1-3H3,(H,27,29)(H,30,31)/b10-9+/t18-,19+,21-,22-,23-/m0/s1. The molecule has 1 aromatic carbocycles. The van der Waals surface area contributed by atoms with E-state index in [0.717, 1.165) is 5.75 Å². The molecule has 1 fully saturated rings. The number of benzene rings is 1. The van der Waals surface area contributed by atoms with Gasteiger partial charge in [0.2, 0.25) is 5.91 Å². The minimum absolute atomic E-state index is 0.121. The number of carboxylic acid groups (broad SMARTS) is 1. The molecule has 1 heterocycles. The molecule has 9 heteroatoms. The fraction of sp³-hybridized carbons (Fsp3) is 0.600. The normalized spacial score (nSPS) is 21.5. The maximum Gasteiger partial charge on any atom is 0.326 e. The van der Waals surface area contributed by atoms with Gasteiger partial charge in [0.25, 0.3) is 0 Å². The minimum atomic E-state index is -1.01.